The molecule has 1 aromatic carbocycles. The van der Waals surface area contributed by atoms with Crippen molar-refractivity contribution in [3.8, 4) is 0 Å². The van der Waals surface area contributed by atoms with Crippen molar-refractivity contribution >= 4 is 27.5 Å². The minimum Gasteiger partial charge on any atom is -0.335 e. The predicted octanol–water partition coefficient (Wildman–Crippen LogP) is 3.15. The van der Waals surface area contributed by atoms with E-state index in [1.54, 1.807) is 7.05 Å². The lowest BCUT2D eigenvalue weighted by Crippen LogP contribution is -2.36. The zero-order chi connectivity index (χ0) is 18.3. The molecular formula is C20H21N3O2S. The standard InChI is InChI=1S/C20H21N3O2S/c1-13-16-18(21-12-22(2)19(16)24)26-17(13)20(25)23-10-6-9-15(23)11-14-7-4-3-5-8-14/h3-5,7-8,12,15H,6,9-11H2,1-2H3/t15-/m1/s1. The topological polar surface area (TPSA) is 55.2 Å². The molecule has 0 spiro atoms. The number of aromatic nitrogens is 2. The van der Waals surface area contributed by atoms with Crippen LogP contribution in [0.3, 0.4) is 0 Å². The highest BCUT2D eigenvalue weighted by atomic mass is 32.1. The molecule has 1 amide bonds. The fourth-order valence-electron chi connectivity index (χ4n) is 3.74. The number of hydrogen-bond donors (Lipinski definition) is 0. The molecule has 1 aliphatic rings. The lowest BCUT2D eigenvalue weighted by atomic mass is 10.0. The number of thiophene rings is 1. The fourth-order valence-corrected chi connectivity index (χ4v) is 4.84. The monoisotopic (exact) mass is 367 g/mol. The van der Waals surface area contributed by atoms with E-state index in [0.29, 0.717) is 15.1 Å². The third-order valence-electron chi connectivity index (χ3n) is 5.16. The number of rotatable bonds is 3. The zero-order valence-electron chi connectivity index (χ0n) is 14.9. The Kier molecular flexibility index (Phi) is 4.36. The molecule has 0 N–H and O–H groups in total. The minimum absolute atomic E-state index is 0.0333. The van der Waals surface area contributed by atoms with Gasteiger partial charge < -0.3 is 9.47 Å². The second kappa shape index (κ2) is 6.68. The average molecular weight is 367 g/mol. The van der Waals surface area contributed by atoms with Crippen LogP contribution in [-0.4, -0.2) is 32.9 Å². The molecular weight excluding hydrogens is 346 g/mol. The van der Waals surface area contributed by atoms with Gasteiger partial charge in [0.2, 0.25) is 0 Å². The van der Waals surface area contributed by atoms with E-state index in [0.717, 1.165) is 31.4 Å². The fraction of sp³-hybridized carbons (Fsp3) is 0.350. The van der Waals surface area contributed by atoms with Gasteiger partial charge in [0.1, 0.15) is 4.83 Å². The van der Waals surface area contributed by atoms with Gasteiger partial charge in [0.05, 0.1) is 16.6 Å². The Morgan fingerprint density at radius 3 is 2.85 bits per heavy atom. The van der Waals surface area contributed by atoms with Crippen molar-refractivity contribution in [2.45, 2.75) is 32.2 Å². The third kappa shape index (κ3) is 2.84. The summed E-state index contributed by atoms with van der Waals surface area (Å²) in [4.78, 5) is 33.3. The Hall–Kier alpha value is -2.47. The molecule has 26 heavy (non-hydrogen) atoms. The maximum atomic E-state index is 13.2. The first-order valence-electron chi connectivity index (χ1n) is 8.86. The molecule has 1 aliphatic heterocycles. The zero-order valence-corrected chi connectivity index (χ0v) is 15.8. The summed E-state index contributed by atoms with van der Waals surface area (Å²) in [7, 11) is 1.68. The van der Waals surface area contributed by atoms with E-state index in [9.17, 15) is 9.59 Å². The van der Waals surface area contributed by atoms with Crippen LogP contribution in [0.4, 0.5) is 0 Å². The van der Waals surface area contributed by atoms with Crippen LogP contribution in [-0.2, 0) is 13.5 Å². The number of hydrogen-bond acceptors (Lipinski definition) is 4. The van der Waals surface area contributed by atoms with Gasteiger partial charge in [-0.2, -0.15) is 0 Å². The summed E-state index contributed by atoms with van der Waals surface area (Å²) < 4.78 is 1.46. The van der Waals surface area contributed by atoms with Crippen molar-refractivity contribution < 1.29 is 4.79 Å². The maximum Gasteiger partial charge on any atom is 0.264 e. The van der Waals surface area contributed by atoms with Crippen LogP contribution in [0, 0.1) is 6.92 Å². The number of fused-ring (bicyclic) bond motifs is 1. The first-order chi connectivity index (χ1) is 12.6. The third-order valence-corrected chi connectivity index (χ3v) is 6.34. The molecule has 1 atom stereocenters. The number of carbonyl (C=O) groups excluding carboxylic acids is 1. The van der Waals surface area contributed by atoms with E-state index in [-0.39, 0.29) is 17.5 Å². The Balaban J connectivity index is 1.67. The van der Waals surface area contributed by atoms with Gasteiger partial charge in [-0.05, 0) is 37.3 Å². The minimum atomic E-state index is -0.0925. The molecule has 0 bridgehead atoms. The van der Waals surface area contributed by atoms with Crippen molar-refractivity contribution in [3.63, 3.8) is 0 Å². The molecule has 0 unspecified atom stereocenters. The largest absolute Gasteiger partial charge is 0.335 e. The molecule has 3 heterocycles. The van der Waals surface area contributed by atoms with E-state index < -0.39 is 0 Å². The Bertz CT molecular complexity index is 1020. The van der Waals surface area contributed by atoms with Crippen molar-refractivity contribution in [2.75, 3.05) is 6.54 Å². The summed E-state index contributed by atoms with van der Waals surface area (Å²) in [6.07, 6.45) is 4.43. The summed E-state index contributed by atoms with van der Waals surface area (Å²) in [5.41, 5.74) is 1.92. The van der Waals surface area contributed by atoms with E-state index in [1.807, 2.05) is 30.0 Å². The molecule has 0 radical (unpaired) electrons. The average Bonchev–Trinajstić information content (AvgIpc) is 3.23. The normalized spacial score (nSPS) is 17.2. The molecule has 3 aromatic rings. The van der Waals surface area contributed by atoms with Gasteiger partial charge in [-0.3, -0.25) is 9.59 Å². The smallest absolute Gasteiger partial charge is 0.264 e. The quantitative estimate of drug-likeness (QED) is 0.715. The van der Waals surface area contributed by atoms with Gasteiger partial charge >= 0.3 is 0 Å². The Morgan fingerprint density at radius 1 is 1.31 bits per heavy atom. The van der Waals surface area contributed by atoms with Gasteiger partial charge in [0, 0.05) is 19.6 Å². The molecule has 1 fully saturated rings. The molecule has 1 saturated heterocycles. The SMILES string of the molecule is Cc1c(C(=O)N2CCC[C@@H]2Cc2ccccc2)sc2ncn(C)c(=O)c12. The molecule has 0 saturated carbocycles. The molecule has 4 rings (SSSR count). The number of nitrogens with zero attached hydrogens (tertiary/aromatic N) is 3. The van der Waals surface area contributed by atoms with Crippen LogP contribution in [0.1, 0.15) is 33.6 Å². The summed E-state index contributed by atoms with van der Waals surface area (Å²) >= 11 is 1.33. The van der Waals surface area contributed by atoms with Crippen LogP contribution in [0.15, 0.2) is 41.5 Å². The lowest BCUT2D eigenvalue weighted by Gasteiger charge is -2.24. The van der Waals surface area contributed by atoms with Gasteiger partial charge in [-0.25, -0.2) is 4.98 Å². The molecule has 2 aromatic heterocycles. The van der Waals surface area contributed by atoms with E-state index in [2.05, 4.69) is 17.1 Å². The Labute approximate surface area is 155 Å². The molecule has 6 heteroatoms. The van der Waals surface area contributed by atoms with Crippen molar-refractivity contribution in [3.05, 3.63) is 63.0 Å². The van der Waals surface area contributed by atoms with Crippen molar-refractivity contribution in [1.29, 1.82) is 0 Å². The van der Waals surface area contributed by atoms with Crippen LogP contribution >= 0.6 is 11.3 Å². The van der Waals surface area contributed by atoms with Crippen LogP contribution in [0.5, 0.6) is 0 Å². The van der Waals surface area contributed by atoms with E-state index in [4.69, 9.17) is 0 Å². The maximum absolute atomic E-state index is 13.2. The first kappa shape index (κ1) is 17.0. The molecule has 134 valence electrons. The number of amides is 1. The predicted molar refractivity (Wildman–Crippen MR) is 104 cm³/mol. The van der Waals surface area contributed by atoms with Crippen LogP contribution in [0.2, 0.25) is 0 Å². The van der Waals surface area contributed by atoms with E-state index in [1.165, 1.54) is 27.8 Å². The number of carbonyl (C=O) groups is 1. The number of likely N-dealkylation sites (tertiary alicyclic amines) is 1. The van der Waals surface area contributed by atoms with Gasteiger partial charge in [-0.15, -0.1) is 11.3 Å². The first-order valence-corrected chi connectivity index (χ1v) is 9.67. The van der Waals surface area contributed by atoms with Crippen molar-refractivity contribution in [1.82, 2.24) is 14.5 Å². The number of benzene rings is 1. The molecule has 5 nitrogen and oxygen atoms in total. The van der Waals surface area contributed by atoms with Crippen LogP contribution in [0.25, 0.3) is 10.2 Å². The van der Waals surface area contributed by atoms with Crippen LogP contribution < -0.4 is 5.56 Å². The lowest BCUT2D eigenvalue weighted by molar-refractivity contribution is 0.0741. The second-order valence-corrected chi connectivity index (χ2v) is 7.88. The van der Waals surface area contributed by atoms with E-state index >= 15 is 0 Å². The summed E-state index contributed by atoms with van der Waals surface area (Å²) in [5, 5.41) is 0.571. The summed E-state index contributed by atoms with van der Waals surface area (Å²) in [5.74, 6) is 0.0333. The van der Waals surface area contributed by atoms with Gasteiger partial charge in [0.15, 0.2) is 0 Å². The highest BCUT2D eigenvalue weighted by Crippen LogP contribution is 2.31. The summed E-state index contributed by atoms with van der Waals surface area (Å²) in [6.45, 7) is 2.63. The highest BCUT2D eigenvalue weighted by Gasteiger charge is 2.32. The number of aryl methyl sites for hydroxylation is 2. The van der Waals surface area contributed by atoms with Crippen molar-refractivity contribution in [2.24, 2.45) is 7.05 Å². The van der Waals surface area contributed by atoms with Gasteiger partial charge in [0.25, 0.3) is 11.5 Å². The molecule has 0 aliphatic carbocycles. The Morgan fingerprint density at radius 2 is 2.08 bits per heavy atom. The highest BCUT2D eigenvalue weighted by molar-refractivity contribution is 7.20. The van der Waals surface area contributed by atoms with Gasteiger partial charge in [-0.1, -0.05) is 30.3 Å². The summed E-state index contributed by atoms with van der Waals surface area (Å²) in [6, 6.07) is 10.5. The second-order valence-electron chi connectivity index (χ2n) is 6.88.